The summed E-state index contributed by atoms with van der Waals surface area (Å²) >= 11 is 0. The second-order valence-electron chi connectivity index (χ2n) is 1.24. The third kappa shape index (κ3) is 0.809. The van der Waals surface area contributed by atoms with Crippen LogP contribution < -0.4 is 0 Å². The van der Waals surface area contributed by atoms with Crippen molar-refractivity contribution in [3.05, 3.63) is 0 Å². The van der Waals surface area contributed by atoms with Gasteiger partial charge in [0.25, 0.3) is 5.90 Å². The van der Waals surface area contributed by atoms with Gasteiger partial charge in [0.2, 0.25) is 0 Å². The van der Waals surface area contributed by atoms with Gasteiger partial charge in [-0.1, -0.05) is 5.11 Å². The highest BCUT2D eigenvalue weighted by Gasteiger charge is 2.24. The third-order valence-corrected chi connectivity index (χ3v) is 0.664. The number of carbonyl (C=O) groups excluding carboxylic acids is 2. The van der Waals surface area contributed by atoms with Crippen molar-refractivity contribution in [2.45, 2.75) is 0 Å². The predicted octanol–water partition coefficient (Wildman–Crippen LogP) is -0.543. The molecule has 46 valence electrons. The summed E-state index contributed by atoms with van der Waals surface area (Å²) in [4.78, 5) is 24.4. The Bertz CT molecular complexity index is 218. The van der Waals surface area contributed by atoms with E-state index in [0.717, 1.165) is 0 Å². The highest BCUT2D eigenvalue weighted by molar-refractivity contribution is 6.62. The van der Waals surface area contributed by atoms with Crippen molar-refractivity contribution in [3.63, 3.8) is 0 Å². The second-order valence-corrected chi connectivity index (χ2v) is 1.24. The van der Waals surface area contributed by atoms with E-state index in [1.807, 2.05) is 0 Å². The molecule has 0 spiro atoms. The van der Waals surface area contributed by atoms with Crippen LogP contribution in [0.1, 0.15) is 0 Å². The minimum absolute atomic E-state index is 0.782. The van der Waals surface area contributed by atoms with E-state index in [1.165, 1.54) is 0 Å². The van der Waals surface area contributed by atoms with Gasteiger partial charge < -0.3 is 4.84 Å². The molecule has 1 heterocycles. The topological polar surface area (TPSA) is 91.9 Å². The van der Waals surface area contributed by atoms with Crippen molar-refractivity contribution in [2.75, 3.05) is 0 Å². The van der Waals surface area contributed by atoms with Gasteiger partial charge in [0.05, 0.1) is 0 Å². The van der Waals surface area contributed by atoms with E-state index >= 15 is 0 Å². The minimum Gasteiger partial charge on any atom is -0.314 e. The molecule has 6 nitrogen and oxygen atoms in total. The standard InChI is InChI=1S/C3HN3O3/c4-2-1(7)3(8)5-6-9-2/h4H. The van der Waals surface area contributed by atoms with Gasteiger partial charge in [-0.3, -0.25) is 15.0 Å². The SMILES string of the molecule is N=C1ON=NC(=O)C1=O. The van der Waals surface area contributed by atoms with Gasteiger partial charge in [-0.25, -0.2) is 0 Å². The minimum atomic E-state index is -1.06. The Morgan fingerprint density at radius 3 is 2.56 bits per heavy atom. The molecule has 0 saturated heterocycles. The van der Waals surface area contributed by atoms with Gasteiger partial charge in [0.15, 0.2) is 0 Å². The summed E-state index contributed by atoms with van der Waals surface area (Å²) in [5.41, 5.74) is 0. The molecule has 0 unspecified atom stereocenters. The molecule has 6 heteroatoms. The van der Waals surface area contributed by atoms with E-state index in [4.69, 9.17) is 5.41 Å². The van der Waals surface area contributed by atoms with Crippen LogP contribution in [-0.4, -0.2) is 17.6 Å². The Hall–Kier alpha value is -1.59. The lowest BCUT2D eigenvalue weighted by atomic mass is 10.4. The zero-order chi connectivity index (χ0) is 6.85. The highest BCUT2D eigenvalue weighted by atomic mass is 16.7. The van der Waals surface area contributed by atoms with Crippen LogP contribution in [-0.2, 0) is 14.4 Å². The number of hydrogen-bond donors (Lipinski definition) is 1. The van der Waals surface area contributed by atoms with Crippen LogP contribution >= 0.6 is 0 Å². The number of nitrogens with one attached hydrogen (secondary N) is 1. The molecule has 1 aliphatic heterocycles. The van der Waals surface area contributed by atoms with E-state index in [9.17, 15) is 9.59 Å². The number of ketones is 1. The molecule has 1 amide bonds. The first-order valence-electron chi connectivity index (χ1n) is 1.97. The van der Waals surface area contributed by atoms with Crippen molar-refractivity contribution in [3.8, 4) is 0 Å². The summed E-state index contributed by atoms with van der Waals surface area (Å²) in [7, 11) is 0. The maximum absolute atomic E-state index is 10.3. The zero-order valence-corrected chi connectivity index (χ0v) is 4.12. The molecule has 0 aliphatic carbocycles. The first-order valence-corrected chi connectivity index (χ1v) is 1.97. The number of nitrogens with zero attached hydrogens (tertiary/aromatic N) is 2. The van der Waals surface area contributed by atoms with Crippen LogP contribution in [0, 0.1) is 5.41 Å². The van der Waals surface area contributed by atoms with E-state index in [0.29, 0.717) is 0 Å². The summed E-state index contributed by atoms with van der Waals surface area (Å²) in [5.74, 6) is -2.91. The van der Waals surface area contributed by atoms with Gasteiger partial charge in [-0.2, -0.15) is 0 Å². The van der Waals surface area contributed by atoms with Gasteiger partial charge in [0.1, 0.15) is 0 Å². The van der Waals surface area contributed by atoms with Crippen molar-refractivity contribution in [1.29, 1.82) is 5.41 Å². The largest absolute Gasteiger partial charge is 0.344 e. The normalized spacial score (nSPS) is 18.0. The maximum atomic E-state index is 10.3. The average Bonchev–Trinajstić information content (AvgIpc) is 1.83. The lowest BCUT2D eigenvalue weighted by molar-refractivity contribution is -0.134. The van der Waals surface area contributed by atoms with Crippen LogP contribution in [0.5, 0.6) is 0 Å². The lowest BCUT2D eigenvalue weighted by Gasteiger charge is -1.97. The van der Waals surface area contributed by atoms with E-state index in [2.05, 4.69) is 15.2 Å². The molecule has 0 fully saturated rings. The van der Waals surface area contributed by atoms with Crippen LogP contribution in [0.25, 0.3) is 0 Å². The van der Waals surface area contributed by atoms with Crippen molar-refractivity contribution >= 4 is 17.6 Å². The number of Topliss-reactive ketones (excluding diaryl/α,β-unsaturated/α-hetero) is 1. The number of rotatable bonds is 0. The first kappa shape index (κ1) is 5.54. The monoisotopic (exact) mass is 127 g/mol. The summed E-state index contributed by atoms with van der Waals surface area (Å²) < 4.78 is 0. The van der Waals surface area contributed by atoms with Crippen molar-refractivity contribution in [1.82, 2.24) is 0 Å². The van der Waals surface area contributed by atoms with Crippen LogP contribution in [0.4, 0.5) is 0 Å². The quantitative estimate of drug-likeness (QED) is 0.442. The van der Waals surface area contributed by atoms with Crippen molar-refractivity contribution < 1.29 is 14.4 Å². The zero-order valence-electron chi connectivity index (χ0n) is 4.12. The maximum Gasteiger partial charge on any atom is 0.344 e. The Morgan fingerprint density at radius 2 is 2.11 bits per heavy atom. The molecular formula is C3HN3O3. The van der Waals surface area contributed by atoms with Crippen LogP contribution in [0.2, 0.25) is 0 Å². The summed E-state index contributed by atoms with van der Waals surface area (Å²) in [6.45, 7) is 0. The van der Waals surface area contributed by atoms with Crippen molar-refractivity contribution in [2.24, 2.45) is 10.4 Å². The molecule has 1 rings (SSSR count). The molecular weight excluding hydrogens is 126 g/mol. The molecule has 0 atom stereocenters. The van der Waals surface area contributed by atoms with Gasteiger partial charge >= 0.3 is 11.7 Å². The Kier molecular flexibility index (Phi) is 1.07. The molecule has 0 aromatic heterocycles. The Morgan fingerprint density at radius 1 is 1.44 bits per heavy atom. The fourth-order valence-corrected chi connectivity index (χ4v) is 0.282. The predicted molar refractivity (Wildman–Crippen MR) is 23.7 cm³/mol. The molecule has 9 heavy (non-hydrogen) atoms. The highest BCUT2D eigenvalue weighted by Crippen LogP contribution is 1.94. The van der Waals surface area contributed by atoms with Gasteiger partial charge in [-0.05, 0) is 0 Å². The number of hydrogen-bond acceptors (Lipinski definition) is 5. The second kappa shape index (κ2) is 1.73. The van der Waals surface area contributed by atoms with Crippen LogP contribution in [0.15, 0.2) is 10.4 Å². The molecule has 1 N–H and O–H groups in total. The number of amides is 1. The van der Waals surface area contributed by atoms with E-state index in [1.54, 1.807) is 0 Å². The Balaban J connectivity index is 2.94. The summed E-state index contributed by atoms with van der Waals surface area (Å²) in [5, 5.41) is 12.0. The summed E-state index contributed by atoms with van der Waals surface area (Å²) in [6, 6.07) is 0. The fraction of sp³-hybridized carbons (Fsp3) is 0. The van der Waals surface area contributed by atoms with E-state index in [-0.39, 0.29) is 0 Å². The Labute approximate surface area is 49.0 Å². The smallest absolute Gasteiger partial charge is 0.314 e. The van der Waals surface area contributed by atoms with Crippen LogP contribution in [0.3, 0.4) is 0 Å². The molecule has 1 aliphatic rings. The lowest BCUT2D eigenvalue weighted by Crippen LogP contribution is -2.25. The van der Waals surface area contributed by atoms with Gasteiger partial charge in [-0.15, -0.1) is 0 Å². The summed E-state index contributed by atoms with van der Waals surface area (Å²) in [6.07, 6.45) is 0. The first-order chi connectivity index (χ1) is 4.22. The molecule has 0 aromatic rings. The fourth-order valence-electron chi connectivity index (χ4n) is 0.282. The number of carbonyl (C=O) groups is 2. The van der Waals surface area contributed by atoms with Gasteiger partial charge in [0, 0.05) is 5.28 Å². The third-order valence-electron chi connectivity index (χ3n) is 0.664. The molecule has 0 bridgehead atoms. The molecule has 0 saturated carbocycles. The van der Waals surface area contributed by atoms with E-state index < -0.39 is 17.6 Å². The molecule has 0 radical (unpaired) electrons. The average molecular weight is 127 g/mol. The molecule has 0 aromatic carbocycles.